The number of hydrogen-bond acceptors (Lipinski definition) is 2. The van der Waals surface area contributed by atoms with Crippen molar-refractivity contribution in [3.63, 3.8) is 0 Å². The molecule has 2 unspecified atom stereocenters. The van der Waals surface area contributed by atoms with Gasteiger partial charge in [0.15, 0.2) is 0 Å². The van der Waals surface area contributed by atoms with Crippen molar-refractivity contribution in [1.29, 1.82) is 0 Å². The molecule has 0 radical (unpaired) electrons. The molecule has 19 heavy (non-hydrogen) atoms. The number of aryl methyl sites for hydroxylation is 1. The van der Waals surface area contributed by atoms with Crippen LogP contribution in [0.2, 0.25) is 0 Å². The van der Waals surface area contributed by atoms with Gasteiger partial charge in [-0.1, -0.05) is 19.1 Å². The Morgan fingerprint density at radius 1 is 1.26 bits per heavy atom. The average Bonchev–Trinajstić information content (AvgIpc) is 2.58. The minimum Gasteiger partial charge on any atom is -0.370 e. The van der Waals surface area contributed by atoms with Gasteiger partial charge in [-0.3, -0.25) is 0 Å². The molecule has 2 heterocycles. The Hall–Kier alpha value is -1.02. The van der Waals surface area contributed by atoms with Crippen molar-refractivity contribution < 1.29 is 0 Å². The second-order valence-electron chi connectivity index (χ2n) is 6.42. The number of nitrogens with zero attached hydrogens (tertiary/aromatic N) is 1. The van der Waals surface area contributed by atoms with Crippen LogP contribution in [-0.2, 0) is 0 Å². The van der Waals surface area contributed by atoms with Crippen LogP contribution in [0, 0.1) is 12.8 Å². The SMILES string of the molecule is Cc1ccc2c(c1)N(CC1CCCNCC1)CC2C. The molecule has 1 fully saturated rings. The maximum atomic E-state index is 3.52. The fourth-order valence-corrected chi connectivity index (χ4v) is 3.63. The van der Waals surface area contributed by atoms with E-state index in [4.69, 9.17) is 0 Å². The molecule has 0 aliphatic carbocycles. The monoisotopic (exact) mass is 258 g/mol. The lowest BCUT2D eigenvalue weighted by atomic mass is 10.00. The first-order valence-electron chi connectivity index (χ1n) is 7.80. The lowest BCUT2D eigenvalue weighted by molar-refractivity contribution is 0.466. The standard InChI is InChI=1S/C17H26N2/c1-13-5-6-16-14(2)11-19(17(16)10-13)12-15-4-3-8-18-9-7-15/h5-6,10,14-15,18H,3-4,7-9,11-12H2,1-2H3. The lowest BCUT2D eigenvalue weighted by Gasteiger charge is -2.25. The molecular weight excluding hydrogens is 232 g/mol. The summed E-state index contributed by atoms with van der Waals surface area (Å²) in [5.74, 6) is 1.56. The Morgan fingerprint density at radius 2 is 2.16 bits per heavy atom. The third kappa shape index (κ3) is 2.79. The topological polar surface area (TPSA) is 15.3 Å². The summed E-state index contributed by atoms with van der Waals surface area (Å²) >= 11 is 0. The number of fused-ring (bicyclic) bond motifs is 1. The first kappa shape index (κ1) is 13.0. The highest BCUT2D eigenvalue weighted by Gasteiger charge is 2.27. The van der Waals surface area contributed by atoms with Crippen LogP contribution in [0.15, 0.2) is 18.2 Å². The van der Waals surface area contributed by atoms with Crippen LogP contribution in [0.4, 0.5) is 5.69 Å². The fourth-order valence-electron chi connectivity index (χ4n) is 3.63. The zero-order chi connectivity index (χ0) is 13.2. The molecule has 2 aliphatic heterocycles. The quantitative estimate of drug-likeness (QED) is 0.875. The van der Waals surface area contributed by atoms with Gasteiger partial charge in [0.1, 0.15) is 0 Å². The maximum Gasteiger partial charge on any atom is 0.0405 e. The maximum absolute atomic E-state index is 3.52. The average molecular weight is 258 g/mol. The Bertz CT molecular complexity index is 433. The summed E-state index contributed by atoms with van der Waals surface area (Å²) in [6, 6.07) is 6.98. The normalized spacial score (nSPS) is 27.2. The second kappa shape index (κ2) is 5.54. The highest BCUT2D eigenvalue weighted by molar-refractivity contribution is 5.61. The van der Waals surface area contributed by atoms with Crippen LogP contribution < -0.4 is 10.2 Å². The van der Waals surface area contributed by atoms with Crippen LogP contribution in [0.1, 0.15) is 43.2 Å². The molecule has 2 aliphatic rings. The highest BCUT2D eigenvalue weighted by Crippen LogP contribution is 2.37. The Kier molecular flexibility index (Phi) is 3.79. The smallest absolute Gasteiger partial charge is 0.0405 e. The van der Waals surface area contributed by atoms with Crippen LogP contribution in [0.25, 0.3) is 0 Å². The van der Waals surface area contributed by atoms with Crippen molar-refractivity contribution in [3.05, 3.63) is 29.3 Å². The number of nitrogens with one attached hydrogen (secondary N) is 1. The third-order valence-corrected chi connectivity index (χ3v) is 4.73. The molecule has 1 saturated heterocycles. The molecule has 0 spiro atoms. The van der Waals surface area contributed by atoms with Gasteiger partial charge in [-0.25, -0.2) is 0 Å². The van der Waals surface area contributed by atoms with E-state index in [0.717, 1.165) is 5.92 Å². The van der Waals surface area contributed by atoms with Crippen LogP contribution >= 0.6 is 0 Å². The molecule has 0 amide bonds. The molecule has 3 rings (SSSR count). The van der Waals surface area contributed by atoms with Crippen LogP contribution in [0.3, 0.4) is 0 Å². The largest absolute Gasteiger partial charge is 0.370 e. The van der Waals surface area contributed by atoms with Crippen LogP contribution in [-0.4, -0.2) is 26.2 Å². The number of benzene rings is 1. The highest BCUT2D eigenvalue weighted by atomic mass is 15.2. The molecule has 104 valence electrons. The molecule has 1 N–H and O–H groups in total. The molecular formula is C17H26N2. The van der Waals surface area contributed by atoms with E-state index >= 15 is 0 Å². The predicted octanol–water partition coefficient (Wildman–Crippen LogP) is 3.31. The van der Waals surface area contributed by atoms with Crippen molar-refractivity contribution in [1.82, 2.24) is 5.32 Å². The number of rotatable bonds is 2. The van der Waals surface area contributed by atoms with Gasteiger partial charge in [-0.05, 0) is 62.4 Å². The molecule has 1 aromatic carbocycles. The summed E-state index contributed by atoms with van der Waals surface area (Å²) in [5, 5.41) is 3.52. The van der Waals surface area contributed by atoms with Gasteiger partial charge in [0.25, 0.3) is 0 Å². The second-order valence-corrected chi connectivity index (χ2v) is 6.42. The molecule has 1 aromatic rings. The summed E-state index contributed by atoms with van der Waals surface area (Å²) in [7, 11) is 0. The predicted molar refractivity (Wildman–Crippen MR) is 82.0 cm³/mol. The summed E-state index contributed by atoms with van der Waals surface area (Å²) in [6.45, 7) is 9.45. The zero-order valence-corrected chi connectivity index (χ0v) is 12.3. The van der Waals surface area contributed by atoms with E-state index in [2.05, 4.69) is 42.3 Å². The minimum atomic E-state index is 0.694. The van der Waals surface area contributed by atoms with Gasteiger partial charge in [0, 0.05) is 24.7 Å². The molecule has 2 nitrogen and oxygen atoms in total. The summed E-state index contributed by atoms with van der Waals surface area (Å²) in [5.41, 5.74) is 4.45. The molecule has 0 bridgehead atoms. The Morgan fingerprint density at radius 3 is 3.05 bits per heavy atom. The van der Waals surface area contributed by atoms with E-state index in [1.54, 1.807) is 5.56 Å². The Labute approximate surface area is 117 Å². The van der Waals surface area contributed by atoms with Gasteiger partial charge in [0.2, 0.25) is 0 Å². The third-order valence-electron chi connectivity index (χ3n) is 4.73. The Balaban J connectivity index is 1.74. The van der Waals surface area contributed by atoms with Gasteiger partial charge in [-0.15, -0.1) is 0 Å². The van der Waals surface area contributed by atoms with E-state index in [9.17, 15) is 0 Å². The zero-order valence-electron chi connectivity index (χ0n) is 12.3. The van der Waals surface area contributed by atoms with E-state index in [-0.39, 0.29) is 0 Å². The summed E-state index contributed by atoms with van der Waals surface area (Å²) in [6.07, 6.45) is 4.07. The summed E-state index contributed by atoms with van der Waals surface area (Å²) < 4.78 is 0. The van der Waals surface area contributed by atoms with Gasteiger partial charge in [-0.2, -0.15) is 0 Å². The van der Waals surface area contributed by atoms with Crippen molar-refractivity contribution in [3.8, 4) is 0 Å². The molecule has 2 atom stereocenters. The lowest BCUT2D eigenvalue weighted by Crippen LogP contribution is -2.29. The van der Waals surface area contributed by atoms with Crippen LogP contribution in [0.5, 0.6) is 0 Å². The number of hydrogen-bond donors (Lipinski definition) is 1. The molecule has 0 saturated carbocycles. The van der Waals surface area contributed by atoms with Crippen molar-refractivity contribution >= 4 is 5.69 Å². The van der Waals surface area contributed by atoms with E-state index in [1.165, 1.54) is 56.7 Å². The molecule has 0 aromatic heterocycles. The molecule has 2 heteroatoms. The van der Waals surface area contributed by atoms with Gasteiger partial charge >= 0.3 is 0 Å². The van der Waals surface area contributed by atoms with Crippen molar-refractivity contribution in [2.45, 2.75) is 39.0 Å². The van der Waals surface area contributed by atoms with Crippen molar-refractivity contribution in [2.24, 2.45) is 5.92 Å². The minimum absolute atomic E-state index is 0.694. The van der Waals surface area contributed by atoms with E-state index in [0.29, 0.717) is 5.92 Å². The van der Waals surface area contributed by atoms with Gasteiger partial charge in [0.05, 0.1) is 0 Å². The van der Waals surface area contributed by atoms with E-state index in [1.807, 2.05) is 0 Å². The summed E-state index contributed by atoms with van der Waals surface area (Å²) in [4.78, 5) is 2.64. The first-order valence-corrected chi connectivity index (χ1v) is 7.80. The van der Waals surface area contributed by atoms with Crippen molar-refractivity contribution in [2.75, 3.05) is 31.1 Å². The first-order chi connectivity index (χ1) is 9.24. The van der Waals surface area contributed by atoms with Gasteiger partial charge < -0.3 is 10.2 Å². The number of anilines is 1. The van der Waals surface area contributed by atoms with E-state index < -0.39 is 0 Å². The fraction of sp³-hybridized carbons (Fsp3) is 0.647.